The van der Waals surface area contributed by atoms with Gasteiger partial charge in [-0.1, -0.05) is 12.1 Å². The molecule has 1 heterocycles. The number of carbonyl (C=O) groups excluding carboxylic acids is 2. The third-order valence-corrected chi connectivity index (χ3v) is 2.39. The van der Waals surface area contributed by atoms with Crippen LogP contribution in [0.4, 0.5) is 0 Å². The third kappa shape index (κ3) is 9.93. The summed E-state index contributed by atoms with van der Waals surface area (Å²) < 4.78 is 8.99. The van der Waals surface area contributed by atoms with Gasteiger partial charge in [0.05, 0.1) is 37.6 Å². The monoisotopic (exact) mass is 370 g/mol. The van der Waals surface area contributed by atoms with Gasteiger partial charge < -0.3 is 29.9 Å². The zero-order valence-electron chi connectivity index (χ0n) is 13.5. The Labute approximate surface area is 147 Å². The van der Waals surface area contributed by atoms with Crippen LogP contribution < -0.4 is 0 Å². The molecule has 0 radical (unpaired) electrons. The summed E-state index contributed by atoms with van der Waals surface area (Å²) in [6.45, 7) is 0.696. The number of hydrogen-bond acceptors (Lipinski definition) is 8. The predicted octanol–water partition coefficient (Wildman–Crippen LogP) is -0.303. The van der Waals surface area contributed by atoms with Gasteiger partial charge in [0.2, 0.25) is 0 Å². The van der Waals surface area contributed by atoms with Crippen molar-refractivity contribution in [1.82, 2.24) is 0 Å². The number of rotatable bonds is 6. The van der Waals surface area contributed by atoms with Crippen LogP contribution in [0.3, 0.4) is 0 Å². The minimum Gasteiger partial charge on any atom is -0.478 e. The van der Waals surface area contributed by atoms with Gasteiger partial charge in [-0.2, -0.15) is 0 Å². The third-order valence-electron chi connectivity index (χ3n) is 2.39. The minimum atomic E-state index is -1.26. The van der Waals surface area contributed by atoms with Crippen molar-refractivity contribution >= 4 is 23.9 Å². The largest absolute Gasteiger partial charge is 0.478 e. The molecule has 10 nitrogen and oxygen atoms in total. The van der Waals surface area contributed by atoms with Crippen molar-refractivity contribution in [3.63, 3.8) is 0 Å². The first kappa shape index (κ1) is 22.9. The van der Waals surface area contributed by atoms with E-state index in [1.54, 1.807) is 24.3 Å². The van der Waals surface area contributed by atoms with E-state index >= 15 is 0 Å². The van der Waals surface area contributed by atoms with Crippen LogP contribution in [0, 0.1) is 0 Å². The number of benzene rings is 1. The molecule has 0 spiro atoms. The molecule has 0 amide bonds. The highest BCUT2D eigenvalue weighted by Crippen LogP contribution is 2.18. The lowest BCUT2D eigenvalue weighted by molar-refractivity contribution is -0.134. The van der Waals surface area contributed by atoms with Crippen molar-refractivity contribution in [2.75, 3.05) is 26.4 Å². The maximum Gasteiger partial charge on any atom is 0.346 e. The van der Waals surface area contributed by atoms with E-state index in [1.807, 2.05) is 0 Å². The first-order valence-corrected chi connectivity index (χ1v) is 7.12. The second kappa shape index (κ2) is 13.2. The van der Waals surface area contributed by atoms with Crippen LogP contribution in [0.5, 0.6) is 0 Å². The van der Waals surface area contributed by atoms with Gasteiger partial charge in [-0.05, 0) is 12.1 Å². The Hall–Kier alpha value is -3.08. The molecule has 1 aromatic rings. The molecule has 4 N–H and O–H groups in total. The summed E-state index contributed by atoms with van der Waals surface area (Å²) in [7, 11) is 0. The zero-order valence-corrected chi connectivity index (χ0v) is 13.5. The Balaban J connectivity index is 0.000000376. The lowest BCUT2D eigenvalue weighted by atomic mass is 10.1. The second-order valence-electron chi connectivity index (χ2n) is 4.29. The number of carbonyl (C=O) groups is 4. The van der Waals surface area contributed by atoms with E-state index in [0.717, 1.165) is 0 Å². The molecule has 2 rings (SSSR count). The highest BCUT2D eigenvalue weighted by atomic mass is 16.6. The second-order valence-corrected chi connectivity index (χ2v) is 4.29. The maximum atomic E-state index is 10.8. The van der Waals surface area contributed by atoms with Crippen LogP contribution >= 0.6 is 0 Å². The Bertz CT molecular complexity index is 597. The summed E-state index contributed by atoms with van der Waals surface area (Å²) in [6.07, 6.45) is 1.12. The molecule has 0 saturated carbocycles. The number of carboxylic acid groups (broad SMARTS) is 2. The first-order chi connectivity index (χ1) is 12.3. The van der Waals surface area contributed by atoms with E-state index in [9.17, 15) is 19.2 Å². The normalized spacial score (nSPS) is 11.6. The number of hydrogen-bond donors (Lipinski definition) is 4. The van der Waals surface area contributed by atoms with E-state index in [2.05, 4.69) is 9.47 Å². The van der Waals surface area contributed by atoms with Gasteiger partial charge in [0.1, 0.15) is 0 Å². The van der Waals surface area contributed by atoms with Crippen LogP contribution in [0.25, 0.3) is 0 Å². The van der Waals surface area contributed by atoms with Crippen LogP contribution in [0.2, 0.25) is 0 Å². The fourth-order valence-electron chi connectivity index (χ4n) is 1.41. The van der Waals surface area contributed by atoms with Crippen molar-refractivity contribution in [1.29, 1.82) is 0 Å². The fourth-order valence-corrected chi connectivity index (χ4v) is 1.41. The summed E-state index contributed by atoms with van der Waals surface area (Å²) in [5.41, 5.74) is 0.718. The summed E-state index contributed by atoms with van der Waals surface area (Å²) in [5, 5.41) is 31.8. The Kier molecular flexibility index (Phi) is 11.7. The van der Waals surface area contributed by atoms with Crippen molar-refractivity contribution in [3.8, 4) is 0 Å². The predicted molar refractivity (Wildman–Crippen MR) is 85.6 cm³/mol. The van der Waals surface area contributed by atoms with Gasteiger partial charge in [-0.15, -0.1) is 0 Å². The number of esters is 2. The number of aliphatic hydroxyl groups is 2. The van der Waals surface area contributed by atoms with Crippen LogP contribution in [-0.4, -0.2) is 70.7 Å². The van der Waals surface area contributed by atoms with Gasteiger partial charge in [0, 0.05) is 12.2 Å². The molecule has 0 aliphatic carbocycles. The summed E-state index contributed by atoms with van der Waals surface area (Å²) in [4.78, 5) is 40.8. The quantitative estimate of drug-likeness (QED) is 0.226. The molecule has 0 aromatic heterocycles. The molecular formula is C16H18O10. The number of aliphatic carboxylic acids is 2. The lowest BCUT2D eigenvalue weighted by Gasteiger charge is -1.94. The molecule has 0 fully saturated rings. The molecule has 0 unspecified atom stereocenters. The number of fused-ring (bicyclic) bond motifs is 1. The topological polar surface area (TPSA) is 168 Å². The van der Waals surface area contributed by atoms with Crippen LogP contribution in [-0.2, 0) is 19.1 Å². The molecular weight excluding hydrogens is 352 g/mol. The molecule has 0 atom stereocenters. The Morgan fingerprint density at radius 1 is 0.885 bits per heavy atom. The smallest absolute Gasteiger partial charge is 0.346 e. The SMILES string of the molecule is O=C(O)/C=C/C(=O)O.O=C1OC(=O)c2ccccc21.OCCOCCO. The van der Waals surface area contributed by atoms with Crippen molar-refractivity contribution in [3.05, 3.63) is 47.5 Å². The zero-order chi connectivity index (χ0) is 19.9. The molecule has 26 heavy (non-hydrogen) atoms. The highest BCUT2D eigenvalue weighted by molar-refractivity contribution is 6.14. The van der Waals surface area contributed by atoms with Gasteiger partial charge in [-0.3, -0.25) is 0 Å². The van der Waals surface area contributed by atoms with E-state index in [1.165, 1.54) is 0 Å². The summed E-state index contributed by atoms with van der Waals surface area (Å²) in [6, 6.07) is 6.53. The average molecular weight is 370 g/mol. The number of aliphatic hydroxyl groups excluding tert-OH is 2. The van der Waals surface area contributed by atoms with Crippen molar-refractivity contribution in [2.45, 2.75) is 0 Å². The number of ether oxygens (including phenoxy) is 2. The summed E-state index contributed by atoms with van der Waals surface area (Å²) >= 11 is 0. The molecule has 1 aromatic carbocycles. The van der Waals surface area contributed by atoms with Gasteiger partial charge in [-0.25, -0.2) is 19.2 Å². The molecule has 0 saturated heterocycles. The van der Waals surface area contributed by atoms with Gasteiger partial charge >= 0.3 is 23.9 Å². The molecule has 10 heteroatoms. The number of cyclic esters (lactones) is 2. The van der Waals surface area contributed by atoms with Crippen molar-refractivity contribution < 1.29 is 49.1 Å². The minimum absolute atomic E-state index is 0.0278. The number of carboxylic acids is 2. The molecule has 1 aliphatic rings. The molecule has 1 aliphatic heterocycles. The average Bonchev–Trinajstić information content (AvgIpc) is 2.90. The van der Waals surface area contributed by atoms with E-state index in [0.29, 0.717) is 36.5 Å². The Morgan fingerprint density at radius 3 is 1.58 bits per heavy atom. The Morgan fingerprint density at radius 2 is 1.27 bits per heavy atom. The first-order valence-electron chi connectivity index (χ1n) is 7.12. The van der Waals surface area contributed by atoms with E-state index < -0.39 is 23.9 Å². The lowest BCUT2D eigenvalue weighted by Crippen LogP contribution is -2.03. The van der Waals surface area contributed by atoms with Crippen LogP contribution in [0.1, 0.15) is 20.7 Å². The van der Waals surface area contributed by atoms with Gasteiger partial charge in [0.15, 0.2) is 0 Å². The fraction of sp³-hybridized carbons (Fsp3) is 0.250. The highest BCUT2D eigenvalue weighted by Gasteiger charge is 2.28. The van der Waals surface area contributed by atoms with Crippen LogP contribution in [0.15, 0.2) is 36.4 Å². The molecule has 142 valence electrons. The van der Waals surface area contributed by atoms with Crippen molar-refractivity contribution in [2.24, 2.45) is 0 Å². The molecule has 0 bridgehead atoms. The standard InChI is InChI=1S/C8H4O3.C4H4O4.C4H10O3/c9-7-5-3-1-2-4-6(5)8(10)11-7;5-3(6)1-2-4(7)8;5-1-3-7-4-2-6/h1-4H;1-2H,(H,5,6)(H,7,8);5-6H,1-4H2/b;2-1+;. The maximum absolute atomic E-state index is 10.8. The van der Waals surface area contributed by atoms with E-state index in [4.69, 9.17) is 20.4 Å². The summed E-state index contributed by atoms with van der Waals surface area (Å²) in [5.74, 6) is -3.61. The van der Waals surface area contributed by atoms with Gasteiger partial charge in [0.25, 0.3) is 0 Å². The van der Waals surface area contributed by atoms with E-state index in [-0.39, 0.29) is 13.2 Å².